The van der Waals surface area contributed by atoms with Gasteiger partial charge in [-0.25, -0.2) is 4.98 Å². The van der Waals surface area contributed by atoms with Crippen molar-refractivity contribution in [2.45, 2.75) is 26.3 Å². The van der Waals surface area contributed by atoms with Crippen molar-refractivity contribution in [3.8, 4) is 11.3 Å². The summed E-state index contributed by atoms with van der Waals surface area (Å²) >= 11 is 6.29. The van der Waals surface area contributed by atoms with E-state index in [0.29, 0.717) is 24.3 Å². The van der Waals surface area contributed by atoms with Gasteiger partial charge in [0.1, 0.15) is 5.69 Å². The number of hydrogen-bond acceptors (Lipinski definition) is 5. The summed E-state index contributed by atoms with van der Waals surface area (Å²) in [6.07, 6.45) is -2.71. The number of ether oxygens (including phenoxy) is 2. The molecule has 0 radical (unpaired) electrons. The minimum absolute atomic E-state index is 0.0762. The molecule has 11 heteroatoms. The van der Waals surface area contributed by atoms with E-state index in [1.165, 1.54) is 10.6 Å². The largest absolute Gasteiger partial charge is 0.471 e. The topological polar surface area (TPSA) is 77.8 Å². The van der Waals surface area contributed by atoms with E-state index in [-0.39, 0.29) is 27.7 Å². The van der Waals surface area contributed by atoms with Crippen molar-refractivity contribution in [1.29, 1.82) is 0 Å². The molecule has 3 heterocycles. The lowest BCUT2D eigenvalue weighted by Crippen LogP contribution is -2.33. The van der Waals surface area contributed by atoms with Gasteiger partial charge < -0.3 is 14.8 Å². The number of carbonyl (C=O) groups excluding carboxylic acids is 1. The molecule has 1 amide bonds. The molecule has 164 valence electrons. The summed E-state index contributed by atoms with van der Waals surface area (Å²) in [7, 11) is 0. The fourth-order valence-corrected chi connectivity index (χ4v) is 3.36. The van der Waals surface area contributed by atoms with Gasteiger partial charge in [0.25, 0.3) is 0 Å². The lowest BCUT2D eigenvalue weighted by Gasteiger charge is -2.34. The monoisotopic (exact) mass is 454 g/mol. The molecule has 1 aliphatic rings. The minimum Gasteiger partial charge on any atom is -0.348 e. The Hall–Kier alpha value is -2.69. The summed E-state index contributed by atoms with van der Waals surface area (Å²) in [5, 5.41) is 2.09. The molecule has 7 nitrogen and oxygen atoms in total. The van der Waals surface area contributed by atoms with Crippen molar-refractivity contribution in [2.24, 2.45) is 5.41 Å². The number of nitrogens with zero attached hydrogens (tertiary/aromatic N) is 3. The quantitative estimate of drug-likeness (QED) is 0.624. The Kier molecular flexibility index (Phi) is 5.40. The zero-order chi connectivity index (χ0) is 22.4. The summed E-state index contributed by atoms with van der Waals surface area (Å²) in [5.74, 6) is -2.38. The summed E-state index contributed by atoms with van der Waals surface area (Å²) < 4.78 is 51.6. The number of amides is 1. The molecule has 2 aromatic heterocycles. The van der Waals surface area contributed by atoms with Gasteiger partial charge in [-0.2, -0.15) is 18.2 Å². The molecule has 1 N–H and O–H groups in total. The Balaban J connectivity index is 1.82. The van der Waals surface area contributed by atoms with Crippen molar-refractivity contribution < 1.29 is 27.4 Å². The van der Waals surface area contributed by atoms with E-state index in [2.05, 4.69) is 9.97 Å². The Morgan fingerprint density at radius 1 is 1.26 bits per heavy atom. The van der Waals surface area contributed by atoms with E-state index >= 15 is 0 Å². The number of imidazole rings is 1. The number of nitrogens with one attached hydrogen (secondary N) is 1. The Labute approximate surface area is 180 Å². The van der Waals surface area contributed by atoms with Crippen LogP contribution in [0, 0.1) is 5.41 Å². The van der Waals surface area contributed by atoms with Crippen molar-refractivity contribution >= 4 is 29.1 Å². The summed E-state index contributed by atoms with van der Waals surface area (Å²) in [6, 6.07) is 6.54. The van der Waals surface area contributed by atoms with Crippen LogP contribution in [0.1, 0.15) is 25.7 Å². The maximum absolute atomic E-state index is 12.9. The van der Waals surface area contributed by atoms with E-state index in [1.807, 2.05) is 19.2 Å². The summed E-state index contributed by atoms with van der Waals surface area (Å²) in [4.78, 5) is 19.9. The number of halogens is 4. The third-order valence-electron chi connectivity index (χ3n) is 4.64. The smallest absolute Gasteiger partial charge is 0.348 e. The van der Waals surface area contributed by atoms with E-state index in [9.17, 15) is 18.0 Å². The first kappa shape index (κ1) is 21.5. The van der Waals surface area contributed by atoms with Crippen LogP contribution in [0.25, 0.3) is 17.0 Å². The highest BCUT2D eigenvalue weighted by atomic mass is 35.5. The second-order valence-electron chi connectivity index (χ2n) is 7.92. The number of hydrogen-bond donors (Lipinski definition) is 1. The number of alkyl halides is 3. The minimum atomic E-state index is -5.08. The number of fused-ring (bicyclic) bond motifs is 1. The van der Waals surface area contributed by atoms with Gasteiger partial charge in [-0.05, 0) is 6.07 Å². The van der Waals surface area contributed by atoms with Gasteiger partial charge >= 0.3 is 12.1 Å². The number of aromatic nitrogens is 3. The molecular weight excluding hydrogens is 437 g/mol. The predicted molar refractivity (Wildman–Crippen MR) is 107 cm³/mol. The summed E-state index contributed by atoms with van der Waals surface area (Å²) in [5.41, 5.74) is 0.937. The van der Waals surface area contributed by atoms with Crippen LogP contribution in [0.3, 0.4) is 0 Å². The second-order valence-corrected chi connectivity index (χ2v) is 8.32. The van der Waals surface area contributed by atoms with Crippen molar-refractivity contribution in [1.82, 2.24) is 14.4 Å². The first-order valence-electron chi connectivity index (χ1n) is 9.29. The molecule has 0 bridgehead atoms. The number of rotatable bonds is 3. The number of anilines is 1. The number of carbonyl (C=O) groups is 1. The standard InChI is InChI=1S/C20H18ClF3N4O3/c1-19(2)9-30-16(31-10-19)11-7-25-18-27-15(26-17(29)20(22,23)24)14(28(18)8-11)12-5-3-4-6-13(12)21/h3-8,16H,9-10H2,1-2H3,(H,26,29). The molecule has 1 aliphatic heterocycles. The average molecular weight is 455 g/mol. The van der Waals surface area contributed by atoms with Gasteiger partial charge in [0.2, 0.25) is 5.78 Å². The normalized spacial score (nSPS) is 17.1. The van der Waals surface area contributed by atoms with Gasteiger partial charge in [0.05, 0.1) is 18.2 Å². The molecule has 1 saturated heterocycles. The molecule has 0 aliphatic carbocycles. The van der Waals surface area contributed by atoms with Crippen molar-refractivity contribution in [2.75, 3.05) is 18.5 Å². The van der Waals surface area contributed by atoms with Crippen LogP contribution in [0.2, 0.25) is 5.02 Å². The van der Waals surface area contributed by atoms with Gasteiger partial charge in [0.15, 0.2) is 12.1 Å². The fourth-order valence-electron chi connectivity index (χ4n) is 3.13. The van der Waals surface area contributed by atoms with Gasteiger partial charge in [-0.15, -0.1) is 0 Å². The SMILES string of the molecule is CC1(C)COC(c2cnc3nc(NC(=O)C(F)(F)F)c(-c4ccccc4Cl)n3c2)OC1. The van der Waals surface area contributed by atoms with Gasteiger partial charge in [0, 0.05) is 28.9 Å². The zero-order valence-corrected chi connectivity index (χ0v) is 17.3. The third kappa shape index (κ3) is 4.36. The van der Waals surface area contributed by atoms with Gasteiger partial charge in [-0.1, -0.05) is 43.6 Å². The van der Waals surface area contributed by atoms with Crippen LogP contribution in [-0.2, 0) is 14.3 Å². The predicted octanol–water partition coefficient (Wildman–Crippen LogP) is 4.62. The van der Waals surface area contributed by atoms with E-state index in [1.54, 1.807) is 30.5 Å². The molecule has 3 aromatic rings. The molecule has 4 rings (SSSR count). The molecule has 0 spiro atoms. The maximum Gasteiger partial charge on any atom is 0.471 e. The molecular formula is C20H18ClF3N4O3. The summed E-state index contributed by atoms with van der Waals surface area (Å²) in [6.45, 7) is 4.94. The molecule has 1 fully saturated rings. The second kappa shape index (κ2) is 7.77. The van der Waals surface area contributed by atoms with Crippen LogP contribution in [0.15, 0.2) is 36.7 Å². The highest BCUT2D eigenvalue weighted by Gasteiger charge is 2.40. The highest BCUT2D eigenvalue weighted by molar-refractivity contribution is 6.33. The Morgan fingerprint density at radius 3 is 2.58 bits per heavy atom. The van der Waals surface area contributed by atoms with Crippen LogP contribution >= 0.6 is 11.6 Å². The highest BCUT2D eigenvalue weighted by Crippen LogP contribution is 2.36. The first-order chi connectivity index (χ1) is 14.5. The molecule has 0 unspecified atom stereocenters. The molecule has 0 saturated carbocycles. The Bertz CT molecular complexity index is 1140. The lowest BCUT2D eigenvalue weighted by atomic mass is 9.95. The van der Waals surface area contributed by atoms with Crippen LogP contribution < -0.4 is 5.32 Å². The lowest BCUT2D eigenvalue weighted by molar-refractivity contribution is -0.226. The van der Waals surface area contributed by atoms with Crippen LogP contribution in [0.5, 0.6) is 0 Å². The van der Waals surface area contributed by atoms with Crippen LogP contribution in [-0.4, -0.2) is 39.7 Å². The molecule has 0 atom stereocenters. The van der Waals surface area contributed by atoms with Crippen molar-refractivity contribution in [3.63, 3.8) is 0 Å². The number of benzene rings is 1. The molecule has 31 heavy (non-hydrogen) atoms. The van der Waals surface area contributed by atoms with Gasteiger partial charge in [-0.3, -0.25) is 9.20 Å². The third-order valence-corrected chi connectivity index (χ3v) is 4.97. The van der Waals surface area contributed by atoms with Crippen LogP contribution in [0.4, 0.5) is 19.0 Å². The van der Waals surface area contributed by atoms with E-state index < -0.39 is 18.4 Å². The average Bonchev–Trinajstić information content (AvgIpc) is 3.04. The molecule has 1 aromatic carbocycles. The van der Waals surface area contributed by atoms with E-state index in [4.69, 9.17) is 21.1 Å². The fraction of sp³-hybridized carbons (Fsp3) is 0.350. The zero-order valence-electron chi connectivity index (χ0n) is 16.5. The Morgan fingerprint density at radius 2 is 1.94 bits per heavy atom. The first-order valence-corrected chi connectivity index (χ1v) is 9.67. The van der Waals surface area contributed by atoms with E-state index in [0.717, 1.165) is 0 Å². The maximum atomic E-state index is 12.9. The van der Waals surface area contributed by atoms with Crippen molar-refractivity contribution in [3.05, 3.63) is 47.2 Å².